The van der Waals surface area contributed by atoms with E-state index in [0.29, 0.717) is 11.4 Å². The van der Waals surface area contributed by atoms with Crippen LogP contribution in [0.5, 0.6) is 0 Å². The van der Waals surface area contributed by atoms with E-state index >= 15 is 0 Å². The molecule has 0 bridgehead atoms. The van der Waals surface area contributed by atoms with Crippen LogP contribution in [0.15, 0.2) is 22.7 Å². The molecule has 0 aliphatic heterocycles. The number of benzene rings is 1. The highest BCUT2D eigenvalue weighted by atomic mass is 79.9. The van der Waals surface area contributed by atoms with Crippen LogP contribution in [0.4, 0.5) is 0 Å². The van der Waals surface area contributed by atoms with Crippen molar-refractivity contribution < 1.29 is 5.11 Å². The first-order valence-corrected chi connectivity index (χ1v) is 5.62. The molecule has 2 nitrogen and oxygen atoms in total. The largest absolute Gasteiger partial charge is 0.391 e. The molecule has 0 saturated heterocycles. The van der Waals surface area contributed by atoms with Crippen molar-refractivity contribution in [3.05, 3.63) is 33.3 Å². The zero-order valence-corrected chi connectivity index (χ0v) is 10.2. The van der Waals surface area contributed by atoms with Crippen molar-refractivity contribution in [2.75, 3.05) is 0 Å². The van der Waals surface area contributed by atoms with E-state index in [1.165, 1.54) is 0 Å². The van der Waals surface area contributed by atoms with Crippen LogP contribution in [0.2, 0.25) is 5.02 Å². The summed E-state index contributed by atoms with van der Waals surface area (Å²) in [7, 11) is 0. The Morgan fingerprint density at radius 3 is 2.79 bits per heavy atom. The van der Waals surface area contributed by atoms with Crippen molar-refractivity contribution in [2.45, 2.75) is 25.5 Å². The van der Waals surface area contributed by atoms with Crippen molar-refractivity contribution >= 4 is 27.5 Å². The van der Waals surface area contributed by atoms with E-state index in [1.807, 2.05) is 13.0 Å². The number of nitrogens with two attached hydrogens (primary N) is 1. The maximum Gasteiger partial charge on any atom is 0.0730 e. The molecule has 0 fully saturated rings. The third-order valence-corrected chi connectivity index (χ3v) is 3.11. The summed E-state index contributed by atoms with van der Waals surface area (Å²) in [5.74, 6) is 0. The SMILES string of the molecule is CC[C@@H](O)[C@@H](N)c1cc(Cl)ccc1Br. The molecule has 14 heavy (non-hydrogen) atoms. The lowest BCUT2D eigenvalue weighted by Gasteiger charge is -2.19. The second kappa shape index (κ2) is 5.12. The predicted molar refractivity (Wildman–Crippen MR) is 62.4 cm³/mol. The molecule has 0 aliphatic rings. The minimum absolute atomic E-state index is 0.395. The number of rotatable bonds is 3. The van der Waals surface area contributed by atoms with Crippen molar-refractivity contribution in [3.8, 4) is 0 Å². The van der Waals surface area contributed by atoms with Gasteiger partial charge in [0, 0.05) is 9.50 Å². The molecule has 0 aliphatic carbocycles. The van der Waals surface area contributed by atoms with Crippen LogP contribution < -0.4 is 5.73 Å². The van der Waals surface area contributed by atoms with Crippen LogP contribution in [0.25, 0.3) is 0 Å². The molecule has 1 aromatic rings. The van der Waals surface area contributed by atoms with Gasteiger partial charge < -0.3 is 10.8 Å². The Morgan fingerprint density at radius 1 is 1.57 bits per heavy atom. The highest BCUT2D eigenvalue weighted by molar-refractivity contribution is 9.10. The average molecular weight is 279 g/mol. The summed E-state index contributed by atoms with van der Waals surface area (Å²) in [6.45, 7) is 1.89. The number of aliphatic hydroxyl groups excluding tert-OH is 1. The number of halogens is 2. The summed E-state index contributed by atoms with van der Waals surface area (Å²) in [4.78, 5) is 0. The standard InChI is InChI=1S/C10H13BrClNO/c1-2-9(14)10(13)7-5-6(12)3-4-8(7)11/h3-5,9-10,14H,2,13H2,1H3/t9-,10+/m1/s1. The minimum atomic E-state index is -0.537. The molecule has 0 unspecified atom stereocenters. The Hall–Kier alpha value is -0.0900. The molecule has 78 valence electrons. The number of hydrogen-bond acceptors (Lipinski definition) is 2. The first kappa shape index (κ1) is 12.0. The fourth-order valence-corrected chi connectivity index (χ4v) is 1.92. The molecule has 0 amide bonds. The second-order valence-corrected chi connectivity index (χ2v) is 4.46. The van der Waals surface area contributed by atoms with Gasteiger partial charge in [-0.1, -0.05) is 34.5 Å². The summed E-state index contributed by atoms with van der Waals surface area (Å²) < 4.78 is 0.877. The maximum absolute atomic E-state index is 9.61. The van der Waals surface area contributed by atoms with Crippen molar-refractivity contribution in [1.29, 1.82) is 0 Å². The fraction of sp³-hybridized carbons (Fsp3) is 0.400. The molecule has 0 aromatic heterocycles. The predicted octanol–water partition coefficient (Wildman–Crippen LogP) is 2.87. The number of aliphatic hydroxyl groups is 1. The van der Waals surface area contributed by atoms with Gasteiger partial charge >= 0.3 is 0 Å². The van der Waals surface area contributed by atoms with Gasteiger partial charge in [0.1, 0.15) is 0 Å². The number of hydrogen-bond donors (Lipinski definition) is 2. The first-order valence-electron chi connectivity index (χ1n) is 4.44. The van der Waals surface area contributed by atoms with E-state index in [2.05, 4.69) is 15.9 Å². The van der Waals surface area contributed by atoms with Gasteiger partial charge in [-0.05, 0) is 30.2 Å². The van der Waals surface area contributed by atoms with Crippen molar-refractivity contribution in [2.24, 2.45) is 5.73 Å². The van der Waals surface area contributed by atoms with Gasteiger partial charge in [0.05, 0.1) is 12.1 Å². The van der Waals surface area contributed by atoms with E-state index in [-0.39, 0.29) is 0 Å². The van der Waals surface area contributed by atoms with Crippen LogP contribution in [-0.2, 0) is 0 Å². The van der Waals surface area contributed by atoms with Gasteiger partial charge in [0.2, 0.25) is 0 Å². The van der Waals surface area contributed by atoms with Crippen LogP contribution in [0.1, 0.15) is 24.9 Å². The molecule has 1 rings (SSSR count). The molecule has 0 heterocycles. The summed E-state index contributed by atoms with van der Waals surface area (Å²) >= 11 is 9.23. The Balaban J connectivity index is 2.99. The third kappa shape index (κ3) is 2.70. The normalized spacial score (nSPS) is 15.2. The highest BCUT2D eigenvalue weighted by Gasteiger charge is 2.17. The van der Waals surface area contributed by atoms with Crippen LogP contribution in [0, 0.1) is 0 Å². The van der Waals surface area contributed by atoms with E-state index < -0.39 is 12.1 Å². The smallest absolute Gasteiger partial charge is 0.0730 e. The van der Waals surface area contributed by atoms with Gasteiger partial charge in [-0.25, -0.2) is 0 Å². The molecule has 2 atom stereocenters. The zero-order valence-electron chi connectivity index (χ0n) is 7.87. The molecule has 3 N–H and O–H groups in total. The highest BCUT2D eigenvalue weighted by Crippen LogP contribution is 2.27. The van der Waals surface area contributed by atoms with Crippen LogP contribution in [-0.4, -0.2) is 11.2 Å². The lowest BCUT2D eigenvalue weighted by Crippen LogP contribution is -2.25. The van der Waals surface area contributed by atoms with Crippen LogP contribution in [0.3, 0.4) is 0 Å². The van der Waals surface area contributed by atoms with Gasteiger partial charge in [-0.15, -0.1) is 0 Å². The first-order chi connectivity index (χ1) is 6.56. The Bertz CT molecular complexity index is 319. The summed E-state index contributed by atoms with van der Waals surface area (Å²) in [5.41, 5.74) is 6.72. The van der Waals surface area contributed by atoms with E-state index in [4.69, 9.17) is 17.3 Å². The van der Waals surface area contributed by atoms with E-state index in [0.717, 1.165) is 10.0 Å². The zero-order chi connectivity index (χ0) is 10.7. The van der Waals surface area contributed by atoms with Crippen molar-refractivity contribution in [1.82, 2.24) is 0 Å². The summed E-state index contributed by atoms with van der Waals surface area (Å²) in [5, 5.41) is 10.2. The van der Waals surface area contributed by atoms with Gasteiger partial charge in [0.15, 0.2) is 0 Å². The molecule has 0 radical (unpaired) electrons. The van der Waals surface area contributed by atoms with Crippen LogP contribution >= 0.6 is 27.5 Å². The van der Waals surface area contributed by atoms with Gasteiger partial charge in [-0.3, -0.25) is 0 Å². The molecule has 4 heteroatoms. The van der Waals surface area contributed by atoms with E-state index in [9.17, 15) is 5.11 Å². The summed E-state index contributed by atoms with van der Waals surface area (Å²) in [6.07, 6.45) is 0.0879. The summed E-state index contributed by atoms with van der Waals surface area (Å²) in [6, 6.07) is 4.99. The molecule has 1 aromatic carbocycles. The Labute approximate surface area is 97.2 Å². The maximum atomic E-state index is 9.61. The average Bonchev–Trinajstić information content (AvgIpc) is 2.19. The Kier molecular flexibility index (Phi) is 4.38. The van der Waals surface area contributed by atoms with Gasteiger partial charge in [-0.2, -0.15) is 0 Å². The lowest BCUT2D eigenvalue weighted by molar-refractivity contribution is 0.140. The third-order valence-electron chi connectivity index (χ3n) is 2.15. The quantitative estimate of drug-likeness (QED) is 0.893. The molecule has 0 saturated carbocycles. The monoisotopic (exact) mass is 277 g/mol. The van der Waals surface area contributed by atoms with Gasteiger partial charge in [0.25, 0.3) is 0 Å². The van der Waals surface area contributed by atoms with E-state index in [1.54, 1.807) is 12.1 Å². The molecular weight excluding hydrogens is 265 g/mol. The molecule has 0 spiro atoms. The second-order valence-electron chi connectivity index (χ2n) is 3.17. The molecular formula is C10H13BrClNO. The minimum Gasteiger partial charge on any atom is -0.391 e. The Morgan fingerprint density at radius 2 is 2.21 bits per heavy atom. The fourth-order valence-electron chi connectivity index (χ4n) is 1.23. The topological polar surface area (TPSA) is 46.2 Å². The van der Waals surface area contributed by atoms with Crippen molar-refractivity contribution in [3.63, 3.8) is 0 Å². The lowest BCUT2D eigenvalue weighted by atomic mass is 10.0.